The van der Waals surface area contributed by atoms with E-state index in [1.54, 1.807) is 7.11 Å². The summed E-state index contributed by atoms with van der Waals surface area (Å²) in [6, 6.07) is 8.22. The van der Waals surface area contributed by atoms with Crippen LogP contribution < -0.4 is 15.4 Å². The van der Waals surface area contributed by atoms with Gasteiger partial charge in [0.2, 0.25) is 0 Å². The second-order valence-electron chi connectivity index (χ2n) is 6.35. The Balaban J connectivity index is 1.61. The van der Waals surface area contributed by atoms with Crippen molar-refractivity contribution in [3.63, 3.8) is 0 Å². The molecule has 0 radical (unpaired) electrons. The summed E-state index contributed by atoms with van der Waals surface area (Å²) in [7, 11) is 1.70. The molecule has 1 atom stereocenters. The van der Waals surface area contributed by atoms with Gasteiger partial charge in [-0.1, -0.05) is 12.1 Å². The SMILES string of the molecule is CCNC(=NCCCc1cccc(OC)c1)NCCCOC1CCOC1. The lowest BCUT2D eigenvalue weighted by Crippen LogP contribution is -2.38. The van der Waals surface area contributed by atoms with Crippen LogP contribution in [0.25, 0.3) is 0 Å². The molecule has 1 saturated heterocycles. The van der Waals surface area contributed by atoms with Crippen molar-refractivity contribution in [2.75, 3.05) is 46.6 Å². The van der Waals surface area contributed by atoms with Crippen LogP contribution >= 0.6 is 0 Å². The number of methoxy groups -OCH3 is 1. The molecule has 0 spiro atoms. The summed E-state index contributed by atoms with van der Waals surface area (Å²) in [5, 5.41) is 6.66. The summed E-state index contributed by atoms with van der Waals surface area (Å²) >= 11 is 0. The molecule has 6 heteroatoms. The first kappa shape index (κ1) is 20.5. The molecule has 0 bridgehead atoms. The zero-order valence-electron chi connectivity index (χ0n) is 16.1. The van der Waals surface area contributed by atoms with E-state index in [2.05, 4.69) is 34.7 Å². The Morgan fingerprint density at radius 1 is 1.31 bits per heavy atom. The average molecular weight is 364 g/mol. The van der Waals surface area contributed by atoms with Crippen molar-refractivity contribution in [2.24, 2.45) is 4.99 Å². The largest absolute Gasteiger partial charge is 0.497 e. The monoisotopic (exact) mass is 363 g/mol. The molecule has 26 heavy (non-hydrogen) atoms. The molecule has 0 amide bonds. The number of aliphatic imine (C=N–C) groups is 1. The van der Waals surface area contributed by atoms with Crippen LogP contribution in [0.2, 0.25) is 0 Å². The molecule has 1 aromatic carbocycles. The zero-order chi connectivity index (χ0) is 18.5. The van der Waals surface area contributed by atoms with Crippen LogP contribution in [0.4, 0.5) is 0 Å². The van der Waals surface area contributed by atoms with Crippen LogP contribution in [0.3, 0.4) is 0 Å². The van der Waals surface area contributed by atoms with E-state index in [1.807, 2.05) is 12.1 Å². The van der Waals surface area contributed by atoms with Crippen molar-refractivity contribution in [3.05, 3.63) is 29.8 Å². The van der Waals surface area contributed by atoms with Crippen molar-refractivity contribution in [1.29, 1.82) is 0 Å². The van der Waals surface area contributed by atoms with Crippen molar-refractivity contribution < 1.29 is 14.2 Å². The molecule has 6 nitrogen and oxygen atoms in total. The second kappa shape index (κ2) is 12.5. The van der Waals surface area contributed by atoms with E-state index in [0.717, 1.165) is 76.8 Å². The van der Waals surface area contributed by atoms with Gasteiger partial charge in [0.1, 0.15) is 5.75 Å². The smallest absolute Gasteiger partial charge is 0.191 e. The van der Waals surface area contributed by atoms with Gasteiger partial charge < -0.3 is 24.8 Å². The average Bonchev–Trinajstić information content (AvgIpc) is 3.18. The molecule has 1 unspecified atom stereocenters. The molecule has 2 N–H and O–H groups in total. The number of rotatable bonds is 11. The van der Waals surface area contributed by atoms with Gasteiger partial charge in [-0.05, 0) is 50.3 Å². The fraction of sp³-hybridized carbons (Fsp3) is 0.650. The summed E-state index contributed by atoms with van der Waals surface area (Å²) in [6.45, 7) is 6.92. The van der Waals surface area contributed by atoms with E-state index in [1.165, 1.54) is 5.56 Å². The van der Waals surface area contributed by atoms with Crippen molar-refractivity contribution in [1.82, 2.24) is 10.6 Å². The number of hydrogen-bond donors (Lipinski definition) is 2. The Morgan fingerprint density at radius 2 is 2.23 bits per heavy atom. The number of ether oxygens (including phenoxy) is 3. The van der Waals surface area contributed by atoms with E-state index in [0.29, 0.717) is 0 Å². The minimum absolute atomic E-state index is 0.286. The van der Waals surface area contributed by atoms with Gasteiger partial charge in [0.05, 0.1) is 19.8 Å². The standard InChI is InChI=1S/C20H33N3O3/c1-3-21-20(23-12-6-13-26-19-10-14-25-16-19)22-11-5-8-17-7-4-9-18(15-17)24-2/h4,7,9,15,19H,3,5-6,8,10-14,16H2,1-2H3,(H2,21,22,23). The second-order valence-corrected chi connectivity index (χ2v) is 6.35. The minimum Gasteiger partial charge on any atom is -0.497 e. The molecule has 0 aromatic heterocycles. The lowest BCUT2D eigenvalue weighted by atomic mass is 10.1. The van der Waals surface area contributed by atoms with Crippen LogP contribution in [0.1, 0.15) is 31.7 Å². The highest BCUT2D eigenvalue weighted by molar-refractivity contribution is 5.79. The molecule has 1 aliphatic heterocycles. The number of nitrogens with one attached hydrogen (secondary N) is 2. The topological polar surface area (TPSA) is 64.1 Å². The maximum Gasteiger partial charge on any atom is 0.191 e. The lowest BCUT2D eigenvalue weighted by molar-refractivity contribution is 0.0420. The molecular formula is C20H33N3O3. The van der Waals surface area contributed by atoms with Gasteiger partial charge in [0.25, 0.3) is 0 Å². The molecule has 0 saturated carbocycles. The van der Waals surface area contributed by atoms with Gasteiger partial charge in [0, 0.05) is 32.8 Å². The quantitative estimate of drug-likeness (QED) is 0.359. The summed E-state index contributed by atoms with van der Waals surface area (Å²) < 4.78 is 16.3. The van der Waals surface area contributed by atoms with Gasteiger partial charge in [-0.15, -0.1) is 0 Å². The highest BCUT2D eigenvalue weighted by Crippen LogP contribution is 2.13. The first-order valence-corrected chi connectivity index (χ1v) is 9.66. The normalized spacial score (nSPS) is 17.3. The zero-order valence-corrected chi connectivity index (χ0v) is 16.1. The fourth-order valence-corrected chi connectivity index (χ4v) is 2.82. The third-order valence-electron chi connectivity index (χ3n) is 4.23. The first-order valence-electron chi connectivity index (χ1n) is 9.66. The summed E-state index contributed by atoms with van der Waals surface area (Å²) in [6.07, 6.45) is 4.27. The third kappa shape index (κ3) is 8.06. The Hall–Kier alpha value is -1.79. The molecule has 1 aliphatic rings. The van der Waals surface area contributed by atoms with E-state index < -0.39 is 0 Å². The number of hydrogen-bond acceptors (Lipinski definition) is 4. The number of aryl methyl sites for hydroxylation is 1. The Labute approximate surface area is 157 Å². The van der Waals surface area contributed by atoms with E-state index >= 15 is 0 Å². The number of guanidine groups is 1. The molecule has 146 valence electrons. The van der Waals surface area contributed by atoms with Crippen LogP contribution in [0, 0.1) is 0 Å². The van der Waals surface area contributed by atoms with Crippen molar-refractivity contribution in [2.45, 2.75) is 38.7 Å². The molecule has 1 heterocycles. The number of nitrogens with zero attached hydrogens (tertiary/aromatic N) is 1. The summed E-state index contributed by atoms with van der Waals surface area (Å²) in [5.74, 6) is 1.79. The van der Waals surface area contributed by atoms with Gasteiger partial charge in [-0.3, -0.25) is 4.99 Å². The maximum absolute atomic E-state index is 5.78. The highest BCUT2D eigenvalue weighted by atomic mass is 16.5. The Kier molecular flexibility index (Phi) is 9.90. The third-order valence-corrected chi connectivity index (χ3v) is 4.23. The molecule has 2 rings (SSSR count). The minimum atomic E-state index is 0.286. The summed E-state index contributed by atoms with van der Waals surface area (Å²) in [4.78, 5) is 4.65. The van der Waals surface area contributed by atoms with E-state index in [4.69, 9.17) is 14.2 Å². The van der Waals surface area contributed by atoms with Crippen molar-refractivity contribution >= 4 is 5.96 Å². The van der Waals surface area contributed by atoms with Gasteiger partial charge in [-0.25, -0.2) is 0 Å². The predicted molar refractivity (Wildman–Crippen MR) is 105 cm³/mol. The van der Waals surface area contributed by atoms with Crippen molar-refractivity contribution in [3.8, 4) is 5.75 Å². The summed E-state index contributed by atoms with van der Waals surface area (Å²) in [5.41, 5.74) is 1.28. The maximum atomic E-state index is 5.78. The van der Waals surface area contributed by atoms with Crippen LogP contribution in [0.5, 0.6) is 5.75 Å². The predicted octanol–water partition coefficient (Wildman–Crippen LogP) is 2.38. The van der Waals surface area contributed by atoms with Crippen LogP contribution in [-0.2, 0) is 15.9 Å². The van der Waals surface area contributed by atoms with Crippen LogP contribution in [-0.4, -0.2) is 58.6 Å². The molecular weight excluding hydrogens is 330 g/mol. The van der Waals surface area contributed by atoms with Crippen LogP contribution in [0.15, 0.2) is 29.3 Å². The Morgan fingerprint density at radius 3 is 3.00 bits per heavy atom. The fourth-order valence-electron chi connectivity index (χ4n) is 2.82. The van der Waals surface area contributed by atoms with E-state index in [9.17, 15) is 0 Å². The van der Waals surface area contributed by atoms with Gasteiger partial charge in [-0.2, -0.15) is 0 Å². The lowest BCUT2D eigenvalue weighted by Gasteiger charge is -2.13. The van der Waals surface area contributed by atoms with Gasteiger partial charge in [0.15, 0.2) is 5.96 Å². The molecule has 1 aromatic rings. The molecule has 1 fully saturated rings. The van der Waals surface area contributed by atoms with Gasteiger partial charge >= 0.3 is 0 Å². The molecule has 0 aliphatic carbocycles. The highest BCUT2D eigenvalue weighted by Gasteiger charge is 2.15. The van der Waals surface area contributed by atoms with E-state index in [-0.39, 0.29) is 6.10 Å². The number of benzene rings is 1. The first-order chi connectivity index (χ1) is 12.8. The Bertz CT molecular complexity index is 531.